The lowest BCUT2D eigenvalue weighted by molar-refractivity contribution is -0.116. The van der Waals surface area contributed by atoms with Crippen LogP contribution in [0.1, 0.15) is 38.2 Å². The second-order valence-electron chi connectivity index (χ2n) is 8.91. The molecule has 0 aliphatic carbocycles. The summed E-state index contributed by atoms with van der Waals surface area (Å²) in [6.45, 7) is 6.70. The topological polar surface area (TPSA) is 63.5 Å². The third-order valence-electron chi connectivity index (χ3n) is 6.69. The first kappa shape index (κ1) is 20.8. The highest BCUT2D eigenvalue weighted by atomic mass is 32.2. The summed E-state index contributed by atoms with van der Waals surface area (Å²) in [6, 6.07) is 8.19. The van der Waals surface area contributed by atoms with E-state index in [2.05, 4.69) is 32.7 Å². The van der Waals surface area contributed by atoms with E-state index >= 15 is 0 Å². The first-order valence-electron chi connectivity index (χ1n) is 11.5. The molecule has 0 spiro atoms. The maximum Gasteiger partial charge on any atom is 0.237 e. The minimum absolute atomic E-state index is 0.134. The van der Waals surface area contributed by atoms with Gasteiger partial charge in [-0.15, -0.1) is 10.2 Å². The summed E-state index contributed by atoms with van der Waals surface area (Å²) in [7, 11) is 0. The zero-order chi connectivity index (χ0) is 21.2. The molecule has 166 valence electrons. The molecule has 3 aliphatic heterocycles. The normalized spacial score (nSPS) is 21.6. The Balaban J connectivity index is 1.30. The van der Waals surface area contributed by atoms with Crippen molar-refractivity contribution in [2.75, 3.05) is 41.8 Å². The number of nitrogens with zero attached hydrogens (tertiary/aromatic N) is 5. The van der Waals surface area contributed by atoms with Gasteiger partial charge in [-0.3, -0.25) is 9.36 Å². The predicted octanol–water partition coefficient (Wildman–Crippen LogP) is 3.37. The molecule has 8 heteroatoms. The van der Waals surface area contributed by atoms with Crippen LogP contribution < -0.4 is 9.80 Å². The Labute approximate surface area is 188 Å². The molecular weight excluding hydrogens is 410 g/mol. The summed E-state index contributed by atoms with van der Waals surface area (Å²) in [4.78, 5) is 17.3. The van der Waals surface area contributed by atoms with Gasteiger partial charge in [-0.1, -0.05) is 36.9 Å². The molecule has 1 aromatic heterocycles. The van der Waals surface area contributed by atoms with E-state index in [9.17, 15) is 4.79 Å². The summed E-state index contributed by atoms with van der Waals surface area (Å²) in [5.74, 6) is 2.20. The van der Waals surface area contributed by atoms with Crippen molar-refractivity contribution in [2.24, 2.45) is 5.92 Å². The van der Waals surface area contributed by atoms with Crippen molar-refractivity contribution in [1.29, 1.82) is 0 Å². The number of fused-ring (bicyclic) bond motifs is 1. The number of thioether (sulfide) groups is 1. The predicted molar refractivity (Wildman–Crippen MR) is 123 cm³/mol. The number of para-hydroxylation sites is 1. The van der Waals surface area contributed by atoms with Gasteiger partial charge in [0, 0.05) is 31.9 Å². The molecule has 2 fully saturated rings. The lowest BCUT2D eigenvalue weighted by Gasteiger charge is -2.31. The van der Waals surface area contributed by atoms with E-state index < -0.39 is 0 Å². The van der Waals surface area contributed by atoms with Gasteiger partial charge in [0.1, 0.15) is 0 Å². The maximum atomic E-state index is 13.0. The van der Waals surface area contributed by atoms with Crippen LogP contribution in [-0.4, -0.2) is 58.8 Å². The monoisotopic (exact) mass is 441 g/mol. The van der Waals surface area contributed by atoms with Gasteiger partial charge in [-0.05, 0) is 49.7 Å². The number of amides is 1. The second-order valence-corrected chi connectivity index (χ2v) is 9.85. The average Bonchev–Trinajstić information content (AvgIpc) is 3.53. The third kappa shape index (κ3) is 4.46. The van der Waals surface area contributed by atoms with Crippen LogP contribution in [0.4, 0.5) is 11.6 Å². The summed E-state index contributed by atoms with van der Waals surface area (Å²) in [6.07, 6.45) is 5.68. The summed E-state index contributed by atoms with van der Waals surface area (Å²) in [5.41, 5.74) is 2.31. The van der Waals surface area contributed by atoms with Crippen molar-refractivity contribution in [3.8, 4) is 0 Å². The molecule has 0 N–H and O–H groups in total. The second kappa shape index (κ2) is 9.20. The summed E-state index contributed by atoms with van der Waals surface area (Å²) in [5, 5.41) is 9.88. The van der Waals surface area contributed by atoms with Gasteiger partial charge in [0.2, 0.25) is 11.9 Å². The Bertz CT molecular complexity index is 918. The van der Waals surface area contributed by atoms with Crippen LogP contribution in [0.2, 0.25) is 0 Å². The summed E-state index contributed by atoms with van der Waals surface area (Å²) < 4.78 is 8.10. The largest absolute Gasteiger partial charge is 0.376 e. The van der Waals surface area contributed by atoms with E-state index in [0.29, 0.717) is 5.75 Å². The Hall–Kier alpha value is -2.06. The van der Waals surface area contributed by atoms with Crippen molar-refractivity contribution in [1.82, 2.24) is 14.8 Å². The van der Waals surface area contributed by atoms with Gasteiger partial charge in [-0.25, -0.2) is 0 Å². The number of hydrogen-bond donors (Lipinski definition) is 0. The van der Waals surface area contributed by atoms with Crippen LogP contribution >= 0.6 is 11.8 Å². The van der Waals surface area contributed by atoms with Crippen LogP contribution in [0, 0.1) is 5.92 Å². The minimum Gasteiger partial charge on any atom is -0.376 e. The zero-order valence-corrected chi connectivity index (χ0v) is 19.0. The van der Waals surface area contributed by atoms with Crippen molar-refractivity contribution >= 4 is 29.3 Å². The molecule has 0 unspecified atom stereocenters. The molecule has 7 nitrogen and oxygen atoms in total. The number of piperidine rings is 1. The van der Waals surface area contributed by atoms with Crippen molar-refractivity contribution in [2.45, 2.75) is 56.8 Å². The highest BCUT2D eigenvalue weighted by molar-refractivity contribution is 7.99. The maximum absolute atomic E-state index is 13.0. The van der Waals surface area contributed by atoms with Gasteiger partial charge < -0.3 is 14.5 Å². The Morgan fingerprint density at radius 3 is 2.81 bits per heavy atom. The number of aromatic nitrogens is 3. The molecule has 4 heterocycles. The number of hydrogen-bond acceptors (Lipinski definition) is 6. The van der Waals surface area contributed by atoms with Crippen LogP contribution in [0.25, 0.3) is 0 Å². The van der Waals surface area contributed by atoms with Gasteiger partial charge in [-0.2, -0.15) is 0 Å². The lowest BCUT2D eigenvalue weighted by atomic mass is 10.00. The van der Waals surface area contributed by atoms with Gasteiger partial charge >= 0.3 is 0 Å². The number of carbonyl (C=O) groups excluding carboxylic acids is 1. The highest BCUT2D eigenvalue weighted by Gasteiger charge is 2.28. The SMILES string of the molecule is CC1CCN(c2nnc(SCC(=O)N3CCc4ccccc43)n2C[C@H]2CCCO2)CC1. The molecule has 5 rings (SSSR count). The molecule has 31 heavy (non-hydrogen) atoms. The van der Waals surface area contributed by atoms with E-state index in [1.807, 2.05) is 23.1 Å². The van der Waals surface area contributed by atoms with Crippen molar-refractivity contribution < 1.29 is 9.53 Å². The number of rotatable bonds is 6. The standard InChI is InChI=1S/C23H31N5O2S/c1-17-8-11-26(12-9-17)22-24-25-23(28(22)15-19-6-4-14-30-19)31-16-21(29)27-13-10-18-5-2-3-7-20(18)27/h2-3,5,7,17,19H,4,6,8-16H2,1H3/t19-/m1/s1. The fraction of sp³-hybridized carbons (Fsp3) is 0.609. The zero-order valence-electron chi connectivity index (χ0n) is 18.2. The molecular formula is C23H31N5O2S. The van der Waals surface area contributed by atoms with E-state index in [0.717, 1.165) is 74.8 Å². The molecule has 2 saturated heterocycles. The van der Waals surface area contributed by atoms with Gasteiger partial charge in [0.25, 0.3) is 0 Å². The first-order chi connectivity index (χ1) is 15.2. The molecule has 1 atom stereocenters. The fourth-order valence-corrected chi connectivity index (χ4v) is 5.60. The van der Waals surface area contributed by atoms with E-state index in [1.54, 1.807) is 0 Å². The number of ether oxygens (including phenoxy) is 1. The number of carbonyl (C=O) groups is 1. The quantitative estimate of drug-likeness (QED) is 0.641. The van der Waals surface area contributed by atoms with E-state index in [4.69, 9.17) is 4.74 Å². The molecule has 1 amide bonds. The lowest BCUT2D eigenvalue weighted by Crippen LogP contribution is -2.35. The van der Waals surface area contributed by atoms with Gasteiger partial charge in [0.05, 0.1) is 18.4 Å². The molecule has 0 saturated carbocycles. The van der Waals surface area contributed by atoms with Crippen LogP contribution in [0.15, 0.2) is 29.4 Å². The average molecular weight is 442 g/mol. The molecule has 0 bridgehead atoms. The number of anilines is 2. The summed E-state index contributed by atoms with van der Waals surface area (Å²) >= 11 is 1.50. The molecule has 3 aliphatic rings. The highest BCUT2D eigenvalue weighted by Crippen LogP contribution is 2.31. The Morgan fingerprint density at radius 1 is 1.16 bits per heavy atom. The molecule has 2 aromatic rings. The van der Waals surface area contributed by atoms with E-state index in [1.165, 1.54) is 30.2 Å². The van der Waals surface area contributed by atoms with Crippen LogP contribution in [0.3, 0.4) is 0 Å². The molecule has 1 aromatic carbocycles. The number of benzene rings is 1. The third-order valence-corrected chi connectivity index (χ3v) is 7.64. The van der Waals surface area contributed by atoms with Gasteiger partial charge in [0.15, 0.2) is 5.16 Å². The minimum atomic E-state index is 0.134. The van der Waals surface area contributed by atoms with E-state index in [-0.39, 0.29) is 12.0 Å². The van der Waals surface area contributed by atoms with Crippen molar-refractivity contribution in [3.63, 3.8) is 0 Å². The Morgan fingerprint density at radius 2 is 2.00 bits per heavy atom. The van der Waals surface area contributed by atoms with Crippen LogP contribution in [-0.2, 0) is 22.5 Å². The Kier molecular flexibility index (Phi) is 6.18. The smallest absolute Gasteiger partial charge is 0.237 e. The molecule has 0 radical (unpaired) electrons. The van der Waals surface area contributed by atoms with Crippen LogP contribution in [0.5, 0.6) is 0 Å². The van der Waals surface area contributed by atoms with Crippen molar-refractivity contribution in [3.05, 3.63) is 29.8 Å². The fourth-order valence-electron chi connectivity index (χ4n) is 4.78. The first-order valence-corrected chi connectivity index (χ1v) is 12.5.